The zero-order valence-corrected chi connectivity index (χ0v) is 17.5. The van der Waals surface area contributed by atoms with E-state index >= 15 is 0 Å². The van der Waals surface area contributed by atoms with Crippen LogP contribution in [0.15, 0.2) is 65.4 Å². The first kappa shape index (κ1) is 19.8. The van der Waals surface area contributed by atoms with Crippen LogP contribution in [0.2, 0.25) is 0 Å². The van der Waals surface area contributed by atoms with Gasteiger partial charge in [-0.3, -0.25) is 14.9 Å². The van der Waals surface area contributed by atoms with Gasteiger partial charge >= 0.3 is 0 Å². The molecule has 7 heteroatoms. The van der Waals surface area contributed by atoms with Crippen molar-refractivity contribution < 1.29 is 14.0 Å². The average Bonchev–Trinajstić information content (AvgIpc) is 3.34. The molecule has 2 aromatic heterocycles. The molecule has 2 heterocycles. The van der Waals surface area contributed by atoms with Gasteiger partial charge in [0.25, 0.3) is 11.8 Å². The Labute approximate surface area is 177 Å². The predicted octanol–water partition coefficient (Wildman–Crippen LogP) is 4.87. The summed E-state index contributed by atoms with van der Waals surface area (Å²) in [5.41, 5.74) is 2.86. The molecule has 0 saturated heterocycles. The van der Waals surface area contributed by atoms with E-state index < -0.39 is 0 Å². The summed E-state index contributed by atoms with van der Waals surface area (Å²) in [5, 5.41) is 7.03. The van der Waals surface area contributed by atoms with Gasteiger partial charge in [0.1, 0.15) is 11.8 Å². The van der Waals surface area contributed by atoms with Crippen molar-refractivity contribution in [3.63, 3.8) is 0 Å². The van der Waals surface area contributed by atoms with Gasteiger partial charge in [-0.25, -0.2) is 4.98 Å². The minimum absolute atomic E-state index is 0.0777. The van der Waals surface area contributed by atoms with Gasteiger partial charge in [0.05, 0.1) is 5.56 Å². The van der Waals surface area contributed by atoms with E-state index in [9.17, 15) is 9.59 Å². The maximum Gasteiger partial charge on any atom is 0.261 e. The van der Waals surface area contributed by atoms with E-state index in [1.807, 2.05) is 62.4 Å². The van der Waals surface area contributed by atoms with Gasteiger partial charge in [0.15, 0.2) is 5.13 Å². The van der Waals surface area contributed by atoms with Gasteiger partial charge in [0, 0.05) is 34.5 Å². The highest BCUT2D eigenvalue weighted by Gasteiger charge is 2.15. The number of hydrogen-bond donors (Lipinski definition) is 2. The van der Waals surface area contributed by atoms with E-state index in [1.165, 1.54) is 17.6 Å². The molecule has 4 aromatic rings. The standard InChI is InChI=1S/C23H21N3O3S/c1-14(2)25-21(27)16-9-7-15(8-10-16)11-17-12-24-23(30-17)26-22(28)19-13-29-20-6-4-3-5-18(19)20/h3-10,12-14H,11H2,1-2H3,(H,25,27)(H,24,26,28). The third-order valence-corrected chi connectivity index (χ3v) is 5.43. The van der Waals surface area contributed by atoms with Crippen LogP contribution in [-0.4, -0.2) is 22.8 Å². The van der Waals surface area contributed by atoms with Crippen LogP contribution in [-0.2, 0) is 6.42 Å². The Bertz CT molecular complexity index is 1190. The predicted molar refractivity (Wildman–Crippen MR) is 118 cm³/mol. The molecule has 2 amide bonds. The Morgan fingerprint density at radius 1 is 1.07 bits per heavy atom. The monoisotopic (exact) mass is 419 g/mol. The zero-order chi connectivity index (χ0) is 21.1. The summed E-state index contributed by atoms with van der Waals surface area (Å²) in [5.74, 6) is -0.326. The lowest BCUT2D eigenvalue weighted by Gasteiger charge is -2.08. The summed E-state index contributed by atoms with van der Waals surface area (Å²) in [7, 11) is 0. The Kier molecular flexibility index (Phi) is 5.63. The summed E-state index contributed by atoms with van der Waals surface area (Å²) >= 11 is 1.42. The number of nitrogens with one attached hydrogen (secondary N) is 2. The number of benzene rings is 2. The lowest BCUT2D eigenvalue weighted by atomic mass is 10.1. The highest BCUT2D eigenvalue weighted by Crippen LogP contribution is 2.25. The number of thiazole rings is 1. The van der Waals surface area contributed by atoms with Crippen LogP contribution in [0.25, 0.3) is 11.0 Å². The number of rotatable bonds is 6. The molecule has 0 saturated carbocycles. The number of aromatic nitrogens is 1. The van der Waals surface area contributed by atoms with Crippen molar-refractivity contribution in [1.29, 1.82) is 0 Å². The SMILES string of the molecule is CC(C)NC(=O)c1ccc(Cc2cnc(NC(=O)c3coc4ccccc34)s2)cc1. The first-order chi connectivity index (χ1) is 14.5. The second-order valence-electron chi connectivity index (χ2n) is 7.23. The Morgan fingerprint density at radius 3 is 2.60 bits per heavy atom. The minimum atomic E-state index is -0.249. The van der Waals surface area contributed by atoms with Gasteiger partial charge in [-0.1, -0.05) is 30.3 Å². The van der Waals surface area contributed by atoms with Crippen LogP contribution in [0.5, 0.6) is 0 Å². The topological polar surface area (TPSA) is 84.2 Å². The molecule has 6 nitrogen and oxygen atoms in total. The third-order valence-electron chi connectivity index (χ3n) is 4.51. The van der Waals surface area contributed by atoms with Crippen LogP contribution >= 0.6 is 11.3 Å². The molecule has 30 heavy (non-hydrogen) atoms. The van der Waals surface area contributed by atoms with Crippen LogP contribution in [0.3, 0.4) is 0 Å². The van der Waals surface area contributed by atoms with Crippen LogP contribution in [0, 0.1) is 0 Å². The lowest BCUT2D eigenvalue weighted by molar-refractivity contribution is 0.0942. The number of anilines is 1. The number of hydrogen-bond acceptors (Lipinski definition) is 5. The van der Waals surface area contributed by atoms with Crippen molar-refractivity contribution in [2.45, 2.75) is 26.3 Å². The van der Waals surface area contributed by atoms with Crippen LogP contribution in [0.4, 0.5) is 5.13 Å². The molecule has 0 aliphatic rings. The molecule has 0 aliphatic heterocycles. The number of furan rings is 1. The largest absolute Gasteiger partial charge is 0.463 e. The van der Waals surface area contributed by atoms with Crippen molar-refractivity contribution in [3.05, 3.63) is 82.6 Å². The Balaban J connectivity index is 1.40. The molecule has 0 spiro atoms. The zero-order valence-electron chi connectivity index (χ0n) is 16.6. The van der Waals surface area contributed by atoms with E-state index in [1.54, 1.807) is 6.20 Å². The first-order valence-electron chi connectivity index (χ1n) is 9.61. The second kappa shape index (κ2) is 8.51. The van der Waals surface area contributed by atoms with E-state index in [-0.39, 0.29) is 17.9 Å². The van der Waals surface area contributed by atoms with E-state index in [0.717, 1.165) is 15.8 Å². The Hall–Kier alpha value is -3.45. The van der Waals surface area contributed by atoms with Crippen molar-refractivity contribution in [2.75, 3.05) is 5.32 Å². The molecule has 0 radical (unpaired) electrons. The molecule has 152 valence electrons. The lowest BCUT2D eigenvalue weighted by Crippen LogP contribution is -2.29. The van der Waals surface area contributed by atoms with Gasteiger partial charge < -0.3 is 9.73 Å². The molecule has 4 rings (SSSR count). The van der Waals surface area contributed by atoms with Crippen molar-refractivity contribution in [1.82, 2.24) is 10.3 Å². The fourth-order valence-electron chi connectivity index (χ4n) is 3.09. The quantitative estimate of drug-likeness (QED) is 0.467. The first-order valence-corrected chi connectivity index (χ1v) is 10.4. The summed E-state index contributed by atoms with van der Waals surface area (Å²) in [6, 6.07) is 15.0. The number of carbonyl (C=O) groups is 2. The van der Waals surface area contributed by atoms with Crippen LogP contribution in [0.1, 0.15) is 45.0 Å². The summed E-state index contributed by atoms with van der Waals surface area (Å²) in [6.45, 7) is 3.86. The molecular formula is C23H21N3O3S. The molecule has 2 N–H and O–H groups in total. The van der Waals surface area contributed by atoms with E-state index in [4.69, 9.17) is 4.42 Å². The van der Waals surface area contributed by atoms with Gasteiger partial charge in [0.2, 0.25) is 0 Å². The minimum Gasteiger partial charge on any atom is -0.463 e. The number of para-hydroxylation sites is 1. The van der Waals surface area contributed by atoms with Crippen molar-refractivity contribution >= 4 is 39.3 Å². The van der Waals surface area contributed by atoms with Crippen LogP contribution < -0.4 is 10.6 Å². The number of amides is 2. The molecule has 0 aliphatic carbocycles. The van der Waals surface area contributed by atoms with Crippen molar-refractivity contribution in [2.24, 2.45) is 0 Å². The van der Waals surface area contributed by atoms with Gasteiger partial charge in [-0.2, -0.15) is 0 Å². The summed E-state index contributed by atoms with van der Waals surface area (Å²) in [4.78, 5) is 30.0. The molecule has 0 fully saturated rings. The number of fused-ring (bicyclic) bond motifs is 1. The summed E-state index contributed by atoms with van der Waals surface area (Å²) < 4.78 is 5.43. The molecular weight excluding hydrogens is 398 g/mol. The average molecular weight is 420 g/mol. The number of carbonyl (C=O) groups excluding carboxylic acids is 2. The number of nitrogens with zero attached hydrogens (tertiary/aromatic N) is 1. The summed E-state index contributed by atoms with van der Waals surface area (Å²) in [6.07, 6.45) is 3.90. The van der Waals surface area contributed by atoms with E-state index in [2.05, 4.69) is 15.6 Å². The Morgan fingerprint density at radius 2 is 1.83 bits per heavy atom. The molecule has 0 atom stereocenters. The molecule has 2 aromatic carbocycles. The maximum atomic E-state index is 12.6. The van der Waals surface area contributed by atoms with Gasteiger partial charge in [-0.15, -0.1) is 11.3 Å². The van der Waals surface area contributed by atoms with Gasteiger partial charge in [-0.05, 0) is 37.6 Å². The van der Waals surface area contributed by atoms with Crippen molar-refractivity contribution in [3.8, 4) is 0 Å². The normalized spacial score (nSPS) is 11.0. The fourth-order valence-corrected chi connectivity index (χ4v) is 3.93. The van der Waals surface area contributed by atoms with E-state index in [0.29, 0.717) is 28.3 Å². The molecule has 0 unspecified atom stereocenters. The third kappa shape index (κ3) is 4.41. The fraction of sp³-hybridized carbons (Fsp3) is 0.174. The second-order valence-corrected chi connectivity index (χ2v) is 8.35. The maximum absolute atomic E-state index is 12.6. The highest BCUT2D eigenvalue weighted by molar-refractivity contribution is 7.15. The highest BCUT2D eigenvalue weighted by atomic mass is 32.1. The molecule has 0 bridgehead atoms. The smallest absolute Gasteiger partial charge is 0.261 e.